The van der Waals surface area contributed by atoms with Gasteiger partial charge in [0.1, 0.15) is 0 Å². The average molecular weight is 255 g/mol. The molecule has 4 heteroatoms. The highest BCUT2D eigenvalue weighted by atomic mass is 35.5. The fourth-order valence-corrected chi connectivity index (χ4v) is 2.29. The molecular formula is C13H19ClN2O. The molecule has 0 aromatic heterocycles. The second kappa shape index (κ2) is 6.50. The van der Waals surface area contributed by atoms with E-state index in [0.717, 1.165) is 5.69 Å². The first-order chi connectivity index (χ1) is 7.75. The molecule has 94 valence electrons. The second-order valence-electron chi connectivity index (χ2n) is 4.49. The predicted octanol–water partition coefficient (Wildman–Crippen LogP) is 3.21. The van der Waals surface area contributed by atoms with Crippen molar-refractivity contribution in [2.24, 2.45) is 5.92 Å². The molecule has 0 atom stereocenters. The Balaban J connectivity index is 0.00000144. The van der Waals surface area contributed by atoms with Crippen molar-refractivity contribution in [3.8, 4) is 0 Å². The predicted molar refractivity (Wildman–Crippen MR) is 73.3 cm³/mol. The minimum absolute atomic E-state index is 0. The first-order valence-electron chi connectivity index (χ1n) is 5.90. The van der Waals surface area contributed by atoms with Gasteiger partial charge in [0.15, 0.2) is 0 Å². The van der Waals surface area contributed by atoms with Crippen molar-refractivity contribution in [2.75, 3.05) is 11.1 Å². The van der Waals surface area contributed by atoms with Gasteiger partial charge in [0.2, 0.25) is 5.91 Å². The van der Waals surface area contributed by atoms with E-state index in [-0.39, 0.29) is 18.3 Å². The summed E-state index contributed by atoms with van der Waals surface area (Å²) in [6.07, 6.45) is 5.56. The maximum atomic E-state index is 11.8. The molecule has 0 spiro atoms. The average Bonchev–Trinajstić information content (AvgIpc) is 2.74. The molecule has 3 N–H and O–H groups in total. The number of amides is 1. The van der Waals surface area contributed by atoms with E-state index < -0.39 is 0 Å². The zero-order valence-electron chi connectivity index (χ0n) is 9.82. The van der Waals surface area contributed by atoms with Gasteiger partial charge in [0, 0.05) is 6.42 Å². The van der Waals surface area contributed by atoms with Crippen LogP contribution in [-0.4, -0.2) is 5.91 Å². The number of nitrogens with two attached hydrogens (primary N) is 1. The van der Waals surface area contributed by atoms with Crippen LogP contribution in [0.1, 0.15) is 32.1 Å². The third-order valence-electron chi connectivity index (χ3n) is 3.18. The van der Waals surface area contributed by atoms with Crippen LogP contribution in [0.25, 0.3) is 0 Å². The van der Waals surface area contributed by atoms with Crippen LogP contribution in [0.2, 0.25) is 0 Å². The maximum absolute atomic E-state index is 11.8. The van der Waals surface area contributed by atoms with Crippen molar-refractivity contribution in [1.82, 2.24) is 0 Å². The number of carbonyl (C=O) groups excluding carboxylic acids is 1. The lowest BCUT2D eigenvalue weighted by Gasteiger charge is -2.10. The Kier molecular flexibility index (Phi) is 5.29. The van der Waals surface area contributed by atoms with E-state index in [1.807, 2.05) is 18.2 Å². The molecule has 17 heavy (non-hydrogen) atoms. The molecule has 1 aliphatic carbocycles. The summed E-state index contributed by atoms with van der Waals surface area (Å²) in [5.74, 6) is 0.662. The van der Waals surface area contributed by atoms with Gasteiger partial charge in [-0.3, -0.25) is 4.79 Å². The molecule has 0 saturated heterocycles. The lowest BCUT2D eigenvalue weighted by Crippen LogP contribution is -2.15. The molecule has 3 nitrogen and oxygen atoms in total. The Bertz CT molecular complexity index is 375. The van der Waals surface area contributed by atoms with Gasteiger partial charge in [-0.05, 0) is 30.9 Å². The summed E-state index contributed by atoms with van der Waals surface area (Å²) in [7, 11) is 0. The lowest BCUT2D eigenvalue weighted by atomic mass is 10.0. The number of hydrogen-bond donors (Lipinski definition) is 2. The van der Waals surface area contributed by atoms with Gasteiger partial charge in [-0.15, -0.1) is 12.4 Å². The van der Waals surface area contributed by atoms with Crippen molar-refractivity contribution >= 4 is 29.7 Å². The fraction of sp³-hybridized carbons (Fsp3) is 0.462. The van der Waals surface area contributed by atoms with E-state index in [0.29, 0.717) is 18.0 Å². The Labute approximate surface area is 108 Å². The van der Waals surface area contributed by atoms with Gasteiger partial charge >= 0.3 is 0 Å². The quantitative estimate of drug-likeness (QED) is 0.814. The molecule has 0 heterocycles. The van der Waals surface area contributed by atoms with Crippen molar-refractivity contribution in [1.29, 1.82) is 0 Å². The molecule has 1 saturated carbocycles. The first kappa shape index (κ1) is 13.8. The van der Waals surface area contributed by atoms with E-state index >= 15 is 0 Å². The number of rotatable bonds is 3. The molecule has 0 bridgehead atoms. The number of halogens is 1. The van der Waals surface area contributed by atoms with Crippen molar-refractivity contribution in [2.45, 2.75) is 32.1 Å². The maximum Gasteiger partial charge on any atom is 0.224 e. The van der Waals surface area contributed by atoms with Crippen molar-refractivity contribution < 1.29 is 4.79 Å². The first-order valence-corrected chi connectivity index (χ1v) is 5.90. The zero-order valence-corrected chi connectivity index (χ0v) is 10.6. The van der Waals surface area contributed by atoms with E-state index in [2.05, 4.69) is 5.32 Å². The Morgan fingerprint density at radius 2 is 1.94 bits per heavy atom. The van der Waals surface area contributed by atoms with Crippen LogP contribution in [0.15, 0.2) is 24.3 Å². The topological polar surface area (TPSA) is 55.1 Å². The third kappa shape index (κ3) is 3.93. The van der Waals surface area contributed by atoms with Gasteiger partial charge in [0.05, 0.1) is 11.4 Å². The Morgan fingerprint density at radius 1 is 1.29 bits per heavy atom. The molecular weight excluding hydrogens is 236 g/mol. The zero-order chi connectivity index (χ0) is 11.4. The van der Waals surface area contributed by atoms with Gasteiger partial charge in [-0.25, -0.2) is 0 Å². The van der Waals surface area contributed by atoms with E-state index in [1.54, 1.807) is 6.07 Å². The highest BCUT2D eigenvalue weighted by Gasteiger charge is 2.18. The molecule has 0 unspecified atom stereocenters. The SMILES string of the molecule is Cl.Nc1ccccc1NC(=O)CC1CCCC1. The van der Waals surface area contributed by atoms with Crippen molar-refractivity contribution in [3.63, 3.8) is 0 Å². The summed E-state index contributed by atoms with van der Waals surface area (Å²) in [6, 6.07) is 7.37. The van der Waals surface area contributed by atoms with Crippen LogP contribution >= 0.6 is 12.4 Å². The molecule has 0 aliphatic heterocycles. The van der Waals surface area contributed by atoms with Crippen LogP contribution in [0.5, 0.6) is 0 Å². The summed E-state index contributed by atoms with van der Waals surface area (Å²) in [5.41, 5.74) is 7.12. The smallest absolute Gasteiger partial charge is 0.224 e. The number of para-hydroxylation sites is 2. The van der Waals surface area contributed by atoms with Gasteiger partial charge in [0.25, 0.3) is 0 Å². The van der Waals surface area contributed by atoms with E-state index in [1.165, 1.54) is 25.7 Å². The number of nitrogens with one attached hydrogen (secondary N) is 1. The number of benzene rings is 1. The molecule has 1 aliphatic rings. The number of hydrogen-bond acceptors (Lipinski definition) is 2. The second-order valence-corrected chi connectivity index (χ2v) is 4.49. The number of anilines is 2. The number of nitrogen functional groups attached to an aromatic ring is 1. The van der Waals surface area contributed by atoms with Crippen molar-refractivity contribution in [3.05, 3.63) is 24.3 Å². The summed E-state index contributed by atoms with van der Waals surface area (Å²) in [4.78, 5) is 11.8. The molecule has 1 aromatic rings. The van der Waals surface area contributed by atoms with Crippen LogP contribution in [-0.2, 0) is 4.79 Å². The molecule has 1 aromatic carbocycles. The van der Waals surface area contributed by atoms with Gasteiger partial charge in [-0.1, -0.05) is 25.0 Å². The normalized spacial score (nSPS) is 15.3. The number of carbonyl (C=O) groups is 1. The standard InChI is InChI=1S/C13H18N2O.ClH/c14-11-7-3-4-8-12(11)15-13(16)9-10-5-1-2-6-10;/h3-4,7-8,10H,1-2,5-6,9,14H2,(H,15,16);1H. The fourth-order valence-electron chi connectivity index (χ4n) is 2.29. The highest BCUT2D eigenvalue weighted by Crippen LogP contribution is 2.28. The largest absolute Gasteiger partial charge is 0.397 e. The summed E-state index contributed by atoms with van der Waals surface area (Å²) in [5, 5.41) is 2.87. The van der Waals surface area contributed by atoms with E-state index in [9.17, 15) is 4.79 Å². The monoisotopic (exact) mass is 254 g/mol. The minimum Gasteiger partial charge on any atom is -0.397 e. The highest BCUT2D eigenvalue weighted by molar-refractivity contribution is 5.93. The molecule has 0 radical (unpaired) electrons. The Morgan fingerprint density at radius 3 is 2.59 bits per heavy atom. The van der Waals surface area contributed by atoms with Crippen LogP contribution < -0.4 is 11.1 Å². The third-order valence-corrected chi connectivity index (χ3v) is 3.18. The summed E-state index contributed by atoms with van der Waals surface area (Å²) >= 11 is 0. The molecule has 1 amide bonds. The molecule has 1 fully saturated rings. The van der Waals surface area contributed by atoms with Gasteiger partial charge in [-0.2, -0.15) is 0 Å². The lowest BCUT2D eigenvalue weighted by molar-refractivity contribution is -0.117. The Hall–Kier alpha value is -1.22. The van der Waals surface area contributed by atoms with E-state index in [4.69, 9.17) is 5.73 Å². The summed E-state index contributed by atoms with van der Waals surface area (Å²) in [6.45, 7) is 0. The van der Waals surface area contributed by atoms with Crippen LogP contribution in [0.4, 0.5) is 11.4 Å². The van der Waals surface area contributed by atoms with Crippen LogP contribution in [0.3, 0.4) is 0 Å². The minimum atomic E-state index is 0. The summed E-state index contributed by atoms with van der Waals surface area (Å²) < 4.78 is 0. The van der Waals surface area contributed by atoms with Gasteiger partial charge < -0.3 is 11.1 Å². The van der Waals surface area contributed by atoms with Crippen LogP contribution in [0, 0.1) is 5.92 Å². The molecule has 2 rings (SSSR count).